The zero-order chi connectivity index (χ0) is 13.1. The Balaban J connectivity index is 2.16. The molecular weight excluding hydrogens is 279 g/mol. The summed E-state index contributed by atoms with van der Waals surface area (Å²) in [6.07, 6.45) is 0. The summed E-state index contributed by atoms with van der Waals surface area (Å²) >= 11 is 11.3. The molecule has 5 nitrogen and oxygen atoms in total. The van der Waals surface area contributed by atoms with Gasteiger partial charge in [-0.05, 0) is 35.9 Å². The first-order valence-corrected chi connectivity index (χ1v) is 5.74. The highest BCUT2D eigenvalue weighted by molar-refractivity contribution is 6.31. The van der Waals surface area contributed by atoms with Gasteiger partial charge >= 0.3 is 0 Å². The lowest BCUT2D eigenvalue weighted by atomic mass is 10.2. The van der Waals surface area contributed by atoms with Crippen LogP contribution in [0.4, 0.5) is 11.4 Å². The zero-order valence-corrected chi connectivity index (χ0v) is 10.5. The maximum absolute atomic E-state index is 10.9. The molecule has 18 heavy (non-hydrogen) atoms. The molecule has 1 heterocycles. The second-order valence-corrected chi connectivity index (χ2v) is 4.29. The number of nitro groups is 1. The smallest absolute Gasteiger partial charge is 0.293 e. The number of rotatable bonds is 4. The van der Waals surface area contributed by atoms with Gasteiger partial charge in [0.2, 0.25) is 0 Å². The first-order valence-electron chi connectivity index (χ1n) is 4.98. The van der Waals surface area contributed by atoms with Gasteiger partial charge in [0.15, 0.2) is 5.22 Å². The number of anilines is 1. The van der Waals surface area contributed by atoms with E-state index >= 15 is 0 Å². The van der Waals surface area contributed by atoms with Crippen molar-refractivity contribution in [3.63, 3.8) is 0 Å². The van der Waals surface area contributed by atoms with E-state index in [9.17, 15) is 10.1 Å². The molecule has 0 atom stereocenters. The molecule has 0 aliphatic carbocycles. The third kappa shape index (κ3) is 2.94. The van der Waals surface area contributed by atoms with Crippen LogP contribution in [0.2, 0.25) is 10.2 Å². The maximum atomic E-state index is 10.9. The topological polar surface area (TPSA) is 68.3 Å². The van der Waals surface area contributed by atoms with E-state index in [0.717, 1.165) is 0 Å². The monoisotopic (exact) mass is 286 g/mol. The van der Waals surface area contributed by atoms with Crippen LogP contribution in [0.25, 0.3) is 0 Å². The Labute approximate surface area is 112 Å². The lowest BCUT2D eigenvalue weighted by molar-refractivity contribution is -0.383. The van der Waals surface area contributed by atoms with Crippen molar-refractivity contribution in [3.05, 3.63) is 56.4 Å². The minimum atomic E-state index is -0.497. The summed E-state index contributed by atoms with van der Waals surface area (Å²) in [5, 5.41) is 14.3. The molecule has 0 aliphatic heterocycles. The number of nitro benzene ring substituents is 1. The molecule has 7 heteroatoms. The van der Waals surface area contributed by atoms with Gasteiger partial charge in [0, 0.05) is 11.1 Å². The summed E-state index contributed by atoms with van der Waals surface area (Å²) in [6, 6.07) is 7.71. The number of nitrogens with zero attached hydrogens (tertiary/aromatic N) is 1. The fraction of sp³-hybridized carbons (Fsp3) is 0.0909. The fourth-order valence-electron chi connectivity index (χ4n) is 1.43. The number of furan rings is 1. The van der Waals surface area contributed by atoms with E-state index < -0.39 is 4.92 Å². The first-order chi connectivity index (χ1) is 8.56. The van der Waals surface area contributed by atoms with Gasteiger partial charge in [-0.1, -0.05) is 11.6 Å². The molecule has 0 aliphatic rings. The molecule has 2 rings (SSSR count). The van der Waals surface area contributed by atoms with E-state index in [1.165, 1.54) is 6.07 Å². The molecule has 0 spiro atoms. The zero-order valence-electron chi connectivity index (χ0n) is 9.02. The van der Waals surface area contributed by atoms with Crippen molar-refractivity contribution in [1.82, 2.24) is 0 Å². The number of hydrogen-bond donors (Lipinski definition) is 1. The molecule has 94 valence electrons. The lowest BCUT2D eigenvalue weighted by Gasteiger charge is -2.05. The van der Waals surface area contributed by atoms with Crippen molar-refractivity contribution >= 4 is 34.6 Å². The Hall–Kier alpha value is -1.72. The molecule has 0 bridgehead atoms. The van der Waals surface area contributed by atoms with E-state index in [1.807, 2.05) is 0 Å². The summed E-state index contributed by atoms with van der Waals surface area (Å²) < 4.78 is 5.14. The van der Waals surface area contributed by atoms with Gasteiger partial charge in [0.05, 0.1) is 11.5 Å². The van der Waals surface area contributed by atoms with E-state index in [2.05, 4.69) is 5.32 Å². The lowest BCUT2D eigenvalue weighted by Crippen LogP contribution is -2.01. The number of benzene rings is 1. The van der Waals surface area contributed by atoms with Crippen molar-refractivity contribution in [3.8, 4) is 0 Å². The van der Waals surface area contributed by atoms with Crippen LogP contribution in [0.1, 0.15) is 5.76 Å². The molecule has 2 aromatic rings. The maximum Gasteiger partial charge on any atom is 0.293 e. The predicted octanol–water partition coefficient (Wildman–Crippen LogP) is 4.11. The first kappa shape index (κ1) is 12.7. The van der Waals surface area contributed by atoms with E-state index in [1.54, 1.807) is 24.3 Å². The van der Waals surface area contributed by atoms with Gasteiger partial charge in [-0.25, -0.2) is 0 Å². The van der Waals surface area contributed by atoms with Crippen molar-refractivity contribution in [1.29, 1.82) is 0 Å². The van der Waals surface area contributed by atoms with Crippen molar-refractivity contribution in [2.75, 3.05) is 5.32 Å². The van der Waals surface area contributed by atoms with Gasteiger partial charge in [-0.2, -0.15) is 0 Å². The van der Waals surface area contributed by atoms with Gasteiger partial charge < -0.3 is 9.73 Å². The van der Waals surface area contributed by atoms with Crippen LogP contribution >= 0.6 is 23.2 Å². The molecular formula is C11H8Cl2N2O3. The molecule has 0 amide bonds. The van der Waals surface area contributed by atoms with E-state index in [-0.39, 0.29) is 10.9 Å². The van der Waals surface area contributed by atoms with Crippen LogP contribution in [0.5, 0.6) is 0 Å². The molecule has 0 saturated carbocycles. The summed E-state index contributed by atoms with van der Waals surface area (Å²) in [6.45, 7) is 0.301. The van der Waals surface area contributed by atoms with Crippen LogP contribution in [-0.2, 0) is 6.54 Å². The van der Waals surface area contributed by atoms with Crippen LogP contribution in [-0.4, -0.2) is 4.92 Å². The standard InChI is InChI=1S/C11H8Cl2N2O3/c12-7-1-3-9(10(5-7)15(16)17)14-6-8-2-4-11(13)18-8/h1-5,14H,6H2. The fourth-order valence-corrected chi connectivity index (χ4v) is 1.76. The Morgan fingerprint density at radius 2 is 2.06 bits per heavy atom. The Morgan fingerprint density at radius 1 is 1.28 bits per heavy atom. The summed E-state index contributed by atoms with van der Waals surface area (Å²) in [5.74, 6) is 0.587. The van der Waals surface area contributed by atoms with E-state index in [0.29, 0.717) is 23.0 Å². The van der Waals surface area contributed by atoms with E-state index in [4.69, 9.17) is 27.6 Å². The van der Waals surface area contributed by atoms with Crippen molar-refractivity contribution < 1.29 is 9.34 Å². The van der Waals surface area contributed by atoms with Gasteiger partial charge in [-0.3, -0.25) is 10.1 Å². The average Bonchev–Trinajstić information content (AvgIpc) is 2.73. The third-order valence-corrected chi connectivity index (χ3v) is 2.68. The minimum absolute atomic E-state index is 0.0832. The molecule has 1 aromatic carbocycles. The number of hydrogen-bond acceptors (Lipinski definition) is 4. The number of halogens is 2. The van der Waals surface area contributed by atoms with Crippen molar-refractivity contribution in [2.45, 2.75) is 6.54 Å². The van der Waals surface area contributed by atoms with Gasteiger partial charge in [0.25, 0.3) is 5.69 Å². The minimum Gasteiger partial charge on any atom is -0.448 e. The van der Waals surface area contributed by atoms with Crippen LogP contribution in [0, 0.1) is 10.1 Å². The van der Waals surface area contributed by atoms with Gasteiger partial charge in [-0.15, -0.1) is 0 Å². The Bertz CT molecular complexity index is 583. The van der Waals surface area contributed by atoms with Gasteiger partial charge in [0.1, 0.15) is 11.4 Å². The summed E-state index contributed by atoms with van der Waals surface area (Å²) in [4.78, 5) is 10.4. The second kappa shape index (κ2) is 5.29. The predicted molar refractivity (Wildman–Crippen MR) is 69.2 cm³/mol. The number of nitrogens with one attached hydrogen (secondary N) is 1. The molecule has 0 fully saturated rings. The van der Waals surface area contributed by atoms with Crippen LogP contribution in [0.3, 0.4) is 0 Å². The molecule has 1 N–H and O–H groups in total. The molecule has 0 saturated heterocycles. The highest BCUT2D eigenvalue weighted by Gasteiger charge is 2.14. The normalized spacial score (nSPS) is 10.3. The largest absolute Gasteiger partial charge is 0.448 e. The van der Waals surface area contributed by atoms with Crippen LogP contribution in [0.15, 0.2) is 34.7 Å². The average molecular weight is 287 g/mol. The molecule has 0 radical (unpaired) electrons. The second-order valence-electron chi connectivity index (χ2n) is 3.48. The molecule has 0 unspecified atom stereocenters. The SMILES string of the molecule is O=[N+]([O-])c1cc(Cl)ccc1NCc1ccc(Cl)o1. The summed E-state index contributed by atoms with van der Waals surface area (Å²) in [7, 11) is 0. The Kier molecular flexibility index (Phi) is 3.74. The highest BCUT2D eigenvalue weighted by Crippen LogP contribution is 2.28. The van der Waals surface area contributed by atoms with Crippen molar-refractivity contribution in [2.24, 2.45) is 0 Å². The highest BCUT2D eigenvalue weighted by atomic mass is 35.5. The summed E-state index contributed by atoms with van der Waals surface area (Å²) in [5.41, 5.74) is 0.289. The third-order valence-electron chi connectivity index (χ3n) is 2.24. The Morgan fingerprint density at radius 3 is 2.67 bits per heavy atom. The quantitative estimate of drug-likeness (QED) is 0.678. The van der Waals surface area contributed by atoms with Crippen LogP contribution < -0.4 is 5.32 Å². The molecule has 1 aromatic heterocycles.